The zero-order valence-electron chi connectivity index (χ0n) is 15.7. The molecule has 1 amide bonds. The van der Waals surface area contributed by atoms with Crippen molar-refractivity contribution in [3.05, 3.63) is 81.9 Å². The third kappa shape index (κ3) is 4.40. The monoisotopic (exact) mass is 415 g/mol. The lowest BCUT2D eigenvalue weighted by Crippen LogP contribution is -2.30. The van der Waals surface area contributed by atoms with Gasteiger partial charge in [0.2, 0.25) is 15.7 Å². The van der Waals surface area contributed by atoms with E-state index in [0.29, 0.717) is 5.69 Å². The van der Waals surface area contributed by atoms with Crippen molar-refractivity contribution in [3.8, 4) is 0 Å². The van der Waals surface area contributed by atoms with Crippen LogP contribution >= 0.6 is 0 Å². The van der Waals surface area contributed by atoms with Gasteiger partial charge in [-0.05, 0) is 55.3 Å². The molecule has 3 aromatic rings. The third-order valence-electron chi connectivity index (χ3n) is 4.40. The van der Waals surface area contributed by atoms with Gasteiger partial charge in [-0.1, -0.05) is 18.2 Å². The van der Waals surface area contributed by atoms with Crippen LogP contribution in [0.3, 0.4) is 0 Å². The second-order valence-electron chi connectivity index (χ2n) is 6.42. The van der Waals surface area contributed by atoms with Crippen molar-refractivity contribution < 1.29 is 17.6 Å². The molecule has 0 atom stereocenters. The van der Waals surface area contributed by atoms with E-state index in [0.717, 1.165) is 40.1 Å². The van der Waals surface area contributed by atoms with Crippen molar-refractivity contribution in [3.63, 3.8) is 0 Å². The molecule has 0 unspecified atom stereocenters. The number of halogens is 1. The Morgan fingerprint density at radius 3 is 2.55 bits per heavy atom. The standard InChI is InChI=1S/C20H18FN3O4S/c1-13-5-3-8-17(14(13)2)22-18(25)12-24-20(26)10-9-19(23-24)29(27,28)16-7-4-6-15(21)11-16/h3-11H,12H2,1-2H3,(H,22,25). The van der Waals surface area contributed by atoms with Gasteiger partial charge in [0.25, 0.3) is 5.56 Å². The van der Waals surface area contributed by atoms with Gasteiger partial charge in [0.1, 0.15) is 12.4 Å². The summed E-state index contributed by atoms with van der Waals surface area (Å²) in [6.07, 6.45) is 0. The van der Waals surface area contributed by atoms with Crippen LogP contribution in [0.2, 0.25) is 0 Å². The summed E-state index contributed by atoms with van der Waals surface area (Å²) >= 11 is 0. The number of aromatic nitrogens is 2. The second-order valence-corrected chi connectivity index (χ2v) is 8.32. The van der Waals surface area contributed by atoms with E-state index in [4.69, 9.17) is 0 Å². The highest BCUT2D eigenvalue weighted by Crippen LogP contribution is 2.19. The maximum absolute atomic E-state index is 13.4. The molecule has 0 saturated carbocycles. The number of rotatable bonds is 5. The van der Waals surface area contributed by atoms with Gasteiger partial charge in [0.15, 0.2) is 5.03 Å². The zero-order chi connectivity index (χ0) is 21.2. The molecule has 0 aliphatic heterocycles. The molecule has 3 rings (SSSR count). The largest absolute Gasteiger partial charge is 0.324 e. The number of sulfone groups is 1. The van der Waals surface area contributed by atoms with Crippen molar-refractivity contribution in [1.29, 1.82) is 0 Å². The van der Waals surface area contributed by atoms with E-state index >= 15 is 0 Å². The van der Waals surface area contributed by atoms with Crippen LogP contribution in [0.15, 0.2) is 69.3 Å². The SMILES string of the molecule is Cc1cccc(NC(=O)Cn2nc(S(=O)(=O)c3cccc(F)c3)ccc2=O)c1C. The maximum atomic E-state index is 13.4. The van der Waals surface area contributed by atoms with Gasteiger partial charge in [0, 0.05) is 11.8 Å². The van der Waals surface area contributed by atoms with Gasteiger partial charge in [-0.25, -0.2) is 17.5 Å². The molecule has 1 heterocycles. The first-order chi connectivity index (χ1) is 13.7. The molecule has 2 aromatic carbocycles. The summed E-state index contributed by atoms with van der Waals surface area (Å²) in [5, 5.41) is 6.03. The number of aryl methyl sites for hydroxylation is 1. The Labute approximate surface area is 166 Å². The van der Waals surface area contributed by atoms with Gasteiger partial charge < -0.3 is 5.32 Å². The van der Waals surface area contributed by atoms with Crippen LogP contribution in [0.25, 0.3) is 0 Å². The Kier molecular flexibility index (Phi) is 5.60. The van der Waals surface area contributed by atoms with Crippen molar-refractivity contribution in [2.45, 2.75) is 30.3 Å². The Bertz CT molecular complexity index is 1250. The molecule has 0 saturated heterocycles. The van der Waals surface area contributed by atoms with E-state index in [-0.39, 0.29) is 4.90 Å². The third-order valence-corrected chi connectivity index (χ3v) is 6.04. The minimum absolute atomic E-state index is 0.296. The first-order valence-electron chi connectivity index (χ1n) is 8.63. The molecular formula is C20H18FN3O4S. The number of hydrogen-bond acceptors (Lipinski definition) is 5. The van der Waals surface area contributed by atoms with E-state index in [1.807, 2.05) is 19.9 Å². The fraction of sp³-hybridized carbons (Fsp3) is 0.150. The average molecular weight is 415 g/mol. The lowest BCUT2D eigenvalue weighted by molar-refractivity contribution is -0.117. The number of anilines is 1. The number of nitrogens with zero attached hydrogens (tertiary/aromatic N) is 2. The molecule has 1 N–H and O–H groups in total. The minimum atomic E-state index is -4.15. The van der Waals surface area contributed by atoms with Crippen molar-refractivity contribution >= 4 is 21.4 Å². The summed E-state index contributed by atoms with van der Waals surface area (Å²) < 4.78 is 39.5. The van der Waals surface area contributed by atoms with Crippen molar-refractivity contribution in [1.82, 2.24) is 9.78 Å². The molecule has 1 aromatic heterocycles. The van der Waals surface area contributed by atoms with Gasteiger partial charge >= 0.3 is 0 Å². The molecule has 0 aliphatic carbocycles. The van der Waals surface area contributed by atoms with E-state index < -0.39 is 38.7 Å². The predicted molar refractivity (Wildman–Crippen MR) is 105 cm³/mol. The van der Waals surface area contributed by atoms with Crippen molar-refractivity contribution in [2.24, 2.45) is 0 Å². The van der Waals surface area contributed by atoms with Crippen LogP contribution in [0.1, 0.15) is 11.1 Å². The summed E-state index contributed by atoms with van der Waals surface area (Å²) in [5.41, 5.74) is 1.82. The fourth-order valence-corrected chi connectivity index (χ4v) is 3.87. The summed E-state index contributed by atoms with van der Waals surface area (Å²) in [6, 6.07) is 11.9. The van der Waals surface area contributed by atoms with Gasteiger partial charge in [-0.3, -0.25) is 9.59 Å². The molecule has 0 radical (unpaired) electrons. The predicted octanol–water partition coefficient (Wildman–Crippen LogP) is 2.47. The normalized spacial score (nSPS) is 11.3. The quantitative estimate of drug-likeness (QED) is 0.690. The van der Waals surface area contributed by atoms with Crippen LogP contribution in [0, 0.1) is 19.7 Å². The zero-order valence-corrected chi connectivity index (χ0v) is 16.5. The highest BCUT2D eigenvalue weighted by molar-refractivity contribution is 7.91. The number of carbonyl (C=O) groups excluding carboxylic acids is 1. The lowest BCUT2D eigenvalue weighted by atomic mass is 10.1. The maximum Gasteiger partial charge on any atom is 0.267 e. The van der Waals surface area contributed by atoms with Gasteiger partial charge in [0.05, 0.1) is 4.90 Å². The fourth-order valence-electron chi connectivity index (χ4n) is 2.65. The molecular weight excluding hydrogens is 397 g/mol. The second kappa shape index (κ2) is 7.96. The molecule has 29 heavy (non-hydrogen) atoms. The summed E-state index contributed by atoms with van der Waals surface area (Å²) in [6.45, 7) is 3.28. The highest BCUT2D eigenvalue weighted by Gasteiger charge is 2.21. The summed E-state index contributed by atoms with van der Waals surface area (Å²) in [5.74, 6) is -1.25. The van der Waals surface area contributed by atoms with Crippen LogP contribution in [-0.2, 0) is 21.2 Å². The summed E-state index contributed by atoms with van der Waals surface area (Å²) in [7, 11) is -4.15. The van der Waals surface area contributed by atoms with Crippen LogP contribution in [0.4, 0.5) is 10.1 Å². The Morgan fingerprint density at radius 2 is 1.83 bits per heavy atom. The van der Waals surface area contributed by atoms with E-state index in [2.05, 4.69) is 10.4 Å². The number of benzene rings is 2. The van der Waals surface area contributed by atoms with E-state index in [1.54, 1.807) is 12.1 Å². The smallest absolute Gasteiger partial charge is 0.267 e. The Hall–Kier alpha value is -3.33. The topological polar surface area (TPSA) is 98.1 Å². The lowest BCUT2D eigenvalue weighted by Gasteiger charge is -2.11. The Balaban J connectivity index is 1.89. The number of amides is 1. The minimum Gasteiger partial charge on any atom is -0.324 e. The summed E-state index contributed by atoms with van der Waals surface area (Å²) in [4.78, 5) is 24.1. The van der Waals surface area contributed by atoms with E-state index in [9.17, 15) is 22.4 Å². The van der Waals surface area contributed by atoms with Crippen LogP contribution in [-0.4, -0.2) is 24.1 Å². The number of hydrogen-bond donors (Lipinski definition) is 1. The van der Waals surface area contributed by atoms with Gasteiger partial charge in [-0.15, -0.1) is 0 Å². The average Bonchev–Trinajstić information content (AvgIpc) is 2.67. The van der Waals surface area contributed by atoms with Gasteiger partial charge in [-0.2, -0.15) is 5.10 Å². The highest BCUT2D eigenvalue weighted by atomic mass is 32.2. The number of nitrogens with one attached hydrogen (secondary N) is 1. The molecule has 150 valence electrons. The van der Waals surface area contributed by atoms with Crippen molar-refractivity contribution in [2.75, 3.05) is 5.32 Å². The van der Waals surface area contributed by atoms with Crippen LogP contribution < -0.4 is 10.9 Å². The molecule has 7 nitrogen and oxygen atoms in total. The molecule has 0 spiro atoms. The molecule has 0 aliphatic rings. The first-order valence-corrected chi connectivity index (χ1v) is 10.1. The molecule has 9 heteroatoms. The number of carbonyl (C=O) groups is 1. The van der Waals surface area contributed by atoms with E-state index in [1.165, 1.54) is 12.1 Å². The molecule has 0 bridgehead atoms. The first kappa shape index (κ1) is 20.4. The molecule has 0 fully saturated rings. The van der Waals surface area contributed by atoms with Crippen LogP contribution in [0.5, 0.6) is 0 Å². The Morgan fingerprint density at radius 1 is 1.10 bits per heavy atom.